The first-order valence-corrected chi connectivity index (χ1v) is 14.8. The number of nitrogens with zero attached hydrogens (tertiary/aromatic N) is 1. The highest BCUT2D eigenvalue weighted by molar-refractivity contribution is 14.1. The molecular formula is C33H28BrIN2O4. The molecule has 0 unspecified atom stereocenters. The Hall–Kier alpha value is -3.81. The zero-order valence-electron chi connectivity index (χ0n) is 22.6. The van der Waals surface area contributed by atoms with Crippen LogP contribution in [0, 0.1) is 21.8 Å². The number of carbonyl (C=O) groups is 1. The zero-order chi connectivity index (χ0) is 29.2. The minimum atomic E-state index is -0.510. The summed E-state index contributed by atoms with van der Waals surface area (Å²) in [4.78, 5) is 12.9. The molecule has 4 rings (SSSR count). The Labute approximate surface area is 262 Å². The molecular weight excluding hydrogens is 695 g/mol. The topological polar surface area (TPSA) is 80.6 Å². The third-order valence-electron chi connectivity index (χ3n) is 5.90. The largest absolute Gasteiger partial charge is 0.490 e. The number of nitriles is 1. The average Bonchev–Trinajstić information content (AvgIpc) is 2.96. The zero-order valence-corrected chi connectivity index (χ0v) is 26.4. The summed E-state index contributed by atoms with van der Waals surface area (Å²) < 4.78 is 19.6. The fraction of sp³-hybridized carbons (Fsp3) is 0.152. The maximum absolute atomic E-state index is 12.9. The average molecular weight is 723 g/mol. The molecule has 208 valence electrons. The molecule has 0 fully saturated rings. The van der Waals surface area contributed by atoms with Gasteiger partial charge in [-0.15, -0.1) is 0 Å². The molecule has 41 heavy (non-hydrogen) atoms. The first kappa shape index (κ1) is 30.2. The van der Waals surface area contributed by atoms with Gasteiger partial charge in [0.2, 0.25) is 0 Å². The van der Waals surface area contributed by atoms with Crippen molar-refractivity contribution >= 4 is 56.2 Å². The third-order valence-corrected chi connectivity index (χ3v) is 7.23. The number of amides is 1. The number of hydrogen-bond donors (Lipinski definition) is 1. The lowest BCUT2D eigenvalue weighted by Gasteiger charge is -2.15. The van der Waals surface area contributed by atoms with Gasteiger partial charge in [0.05, 0.1) is 10.2 Å². The van der Waals surface area contributed by atoms with Crippen LogP contribution in [0.2, 0.25) is 0 Å². The van der Waals surface area contributed by atoms with Crippen LogP contribution in [0.5, 0.6) is 17.2 Å². The van der Waals surface area contributed by atoms with Gasteiger partial charge in [-0.3, -0.25) is 4.79 Å². The number of ether oxygens (including phenoxy) is 3. The van der Waals surface area contributed by atoms with E-state index in [2.05, 4.69) is 49.9 Å². The van der Waals surface area contributed by atoms with Crippen molar-refractivity contribution < 1.29 is 19.0 Å². The predicted octanol–water partition coefficient (Wildman–Crippen LogP) is 8.46. The highest BCUT2D eigenvalue weighted by Gasteiger charge is 2.15. The van der Waals surface area contributed by atoms with E-state index in [0.717, 1.165) is 24.7 Å². The first-order valence-electron chi connectivity index (χ1n) is 12.9. The molecule has 0 atom stereocenters. The van der Waals surface area contributed by atoms with E-state index in [0.29, 0.717) is 48.3 Å². The number of carbonyl (C=O) groups excluding carboxylic acids is 1. The van der Waals surface area contributed by atoms with E-state index >= 15 is 0 Å². The van der Waals surface area contributed by atoms with Gasteiger partial charge in [0.15, 0.2) is 11.5 Å². The summed E-state index contributed by atoms with van der Waals surface area (Å²) in [5.41, 5.74) is 4.44. The van der Waals surface area contributed by atoms with Crippen molar-refractivity contribution in [3.63, 3.8) is 0 Å². The van der Waals surface area contributed by atoms with Crippen molar-refractivity contribution in [1.82, 2.24) is 0 Å². The van der Waals surface area contributed by atoms with Gasteiger partial charge in [-0.1, -0.05) is 57.9 Å². The van der Waals surface area contributed by atoms with Gasteiger partial charge < -0.3 is 19.5 Å². The van der Waals surface area contributed by atoms with E-state index in [9.17, 15) is 10.1 Å². The smallest absolute Gasteiger partial charge is 0.266 e. The molecule has 1 N–H and O–H groups in total. The minimum absolute atomic E-state index is 0.0350. The van der Waals surface area contributed by atoms with E-state index in [-0.39, 0.29) is 5.57 Å². The molecule has 4 aromatic rings. The van der Waals surface area contributed by atoms with Gasteiger partial charge in [-0.25, -0.2) is 0 Å². The van der Waals surface area contributed by atoms with Crippen molar-refractivity contribution in [2.24, 2.45) is 0 Å². The summed E-state index contributed by atoms with van der Waals surface area (Å²) >= 11 is 5.60. The lowest BCUT2D eigenvalue weighted by atomic mass is 10.1. The molecule has 0 spiro atoms. The number of rotatable bonds is 11. The molecule has 0 saturated heterocycles. The van der Waals surface area contributed by atoms with Gasteiger partial charge in [-0.2, -0.15) is 5.26 Å². The molecule has 0 aliphatic rings. The van der Waals surface area contributed by atoms with Crippen molar-refractivity contribution in [1.29, 1.82) is 5.26 Å². The molecule has 0 aliphatic heterocycles. The number of nitrogens with one attached hydrogen (secondary N) is 1. The molecule has 1 amide bonds. The van der Waals surface area contributed by atoms with Crippen molar-refractivity contribution in [2.45, 2.75) is 27.1 Å². The number of anilines is 1. The molecule has 0 heterocycles. The lowest BCUT2D eigenvalue weighted by molar-refractivity contribution is -0.112. The van der Waals surface area contributed by atoms with E-state index in [1.54, 1.807) is 36.4 Å². The molecule has 0 radical (unpaired) electrons. The second-order valence-corrected chi connectivity index (χ2v) is 11.2. The second-order valence-electron chi connectivity index (χ2n) is 9.10. The molecule has 6 nitrogen and oxygen atoms in total. The van der Waals surface area contributed by atoms with Crippen LogP contribution in [0.3, 0.4) is 0 Å². The van der Waals surface area contributed by atoms with E-state index in [1.807, 2.05) is 68.4 Å². The molecule has 8 heteroatoms. The fourth-order valence-corrected chi connectivity index (χ4v) is 4.97. The summed E-state index contributed by atoms with van der Waals surface area (Å²) in [5, 5.41) is 12.5. The molecule has 4 aromatic carbocycles. The highest BCUT2D eigenvalue weighted by Crippen LogP contribution is 2.35. The summed E-state index contributed by atoms with van der Waals surface area (Å²) in [6, 6.07) is 28.7. The predicted molar refractivity (Wildman–Crippen MR) is 173 cm³/mol. The van der Waals surface area contributed by atoms with E-state index in [4.69, 9.17) is 14.2 Å². The van der Waals surface area contributed by atoms with Gasteiger partial charge in [0.25, 0.3) is 5.91 Å². The molecule has 0 bridgehead atoms. The number of halogens is 2. The number of aryl methyl sites for hydroxylation is 1. The Balaban J connectivity index is 1.43. The highest BCUT2D eigenvalue weighted by atomic mass is 127. The summed E-state index contributed by atoms with van der Waals surface area (Å²) in [6.45, 7) is 5.20. The Bertz CT molecular complexity index is 1580. The number of hydrogen-bond acceptors (Lipinski definition) is 5. The van der Waals surface area contributed by atoms with Crippen LogP contribution in [-0.4, -0.2) is 12.5 Å². The molecule has 0 aromatic heterocycles. The van der Waals surface area contributed by atoms with Crippen molar-refractivity contribution in [3.8, 4) is 23.3 Å². The third kappa shape index (κ3) is 8.84. The van der Waals surface area contributed by atoms with E-state index in [1.165, 1.54) is 0 Å². The van der Waals surface area contributed by atoms with Crippen LogP contribution < -0.4 is 19.5 Å². The van der Waals surface area contributed by atoms with Crippen LogP contribution in [0.25, 0.3) is 6.08 Å². The van der Waals surface area contributed by atoms with Crippen LogP contribution >= 0.6 is 38.5 Å². The van der Waals surface area contributed by atoms with Crippen molar-refractivity contribution in [2.75, 3.05) is 11.9 Å². The van der Waals surface area contributed by atoms with Crippen LogP contribution in [0.4, 0.5) is 5.69 Å². The maximum Gasteiger partial charge on any atom is 0.266 e. The van der Waals surface area contributed by atoms with Gasteiger partial charge in [0, 0.05) is 10.2 Å². The van der Waals surface area contributed by atoms with Crippen LogP contribution in [0.15, 0.2) is 95.0 Å². The first-order chi connectivity index (χ1) is 19.8. The SMILES string of the molecule is CCOc1cc(/C=C(\C#N)C(=O)Nc2ccc(OCc3ccc(Br)cc3)cc2)cc(I)c1OCc1cccc(C)c1. The standard InChI is InChI=1S/C33H28BrIN2O4/c1-3-39-31-18-25(17-30(35)32(31)41-21-24-6-4-5-22(2)15-24)16-26(19-36)33(38)37-28-11-13-29(14-12-28)40-20-23-7-9-27(34)10-8-23/h4-18H,3,20-21H2,1-2H3,(H,37,38)/b26-16+. The van der Waals surface area contributed by atoms with Gasteiger partial charge in [0.1, 0.15) is 30.6 Å². The quantitative estimate of drug-likeness (QED) is 0.0955. The lowest BCUT2D eigenvalue weighted by Crippen LogP contribution is -2.13. The molecule has 0 aliphatic carbocycles. The van der Waals surface area contributed by atoms with Gasteiger partial charge >= 0.3 is 0 Å². The monoisotopic (exact) mass is 722 g/mol. The number of benzene rings is 4. The Morgan fingerprint density at radius 3 is 2.37 bits per heavy atom. The Morgan fingerprint density at radius 2 is 1.68 bits per heavy atom. The Morgan fingerprint density at radius 1 is 0.951 bits per heavy atom. The summed E-state index contributed by atoms with van der Waals surface area (Å²) in [6.07, 6.45) is 1.54. The van der Waals surface area contributed by atoms with E-state index < -0.39 is 5.91 Å². The Kier molecular flexibility index (Phi) is 10.8. The molecule has 0 saturated carbocycles. The fourth-order valence-electron chi connectivity index (χ4n) is 3.93. The summed E-state index contributed by atoms with van der Waals surface area (Å²) in [7, 11) is 0. The van der Waals surface area contributed by atoms with Gasteiger partial charge in [-0.05, 0) is 108 Å². The summed E-state index contributed by atoms with van der Waals surface area (Å²) in [5.74, 6) is 1.33. The minimum Gasteiger partial charge on any atom is -0.490 e. The second kappa shape index (κ2) is 14.7. The normalized spacial score (nSPS) is 11.0. The van der Waals surface area contributed by atoms with Crippen molar-refractivity contribution in [3.05, 3.63) is 121 Å². The van der Waals surface area contributed by atoms with Crippen LogP contribution in [-0.2, 0) is 18.0 Å². The van der Waals surface area contributed by atoms with Crippen LogP contribution in [0.1, 0.15) is 29.2 Å². The maximum atomic E-state index is 12.9.